The maximum atomic E-state index is 12.8. The number of rotatable bonds is 4. The van der Waals surface area contributed by atoms with Crippen molar-refractivity contribution in [3.63, 3.8) is 0 Å². The Kier molecular flexibility index (Phi) is 3.97. The molecule has 0 unspecified atom stereocenters. The number of fused-ring (bicyclic) bond motifs is 2. The fraction of sp³-hybridized carbons (Fsp3) is 0.600. The van der Waals surface area contributed by atoms with E-state index >= 15 is 0 Å². The van der Waals surface area contributed by atoms with Gasteiger partial charge in [0.05, 0.1) is 24.4 Å². The lowest BCUT2D eigenvalue weighted by Gasteiger charge is -2.47. The van der Waals surface area contributed by atoms with E-state index in [0.717, 1.165) is 24.1 Å². The fourth-order valence-electron chi connectivity index (χ4n) is 3.88. The maximum absolute atomic E-state index is 12.8. The lowest BCUT2D eigenvalue weighted by Crippen LogP contribution is -2.70. The van der Waals surface area contributed by atoms with Crippen LogP contribution in [0, 0.1) is 19.8 Å². The molecule has 10 nitrogen and oxygen atoms in total. The molecule has 1 saturated carbocycles. The van der Waals surface area contributed by atoms with Crippen LogP contribution < -0.4 is 10.0 Å². The van der Waals surface area contributed by atoms with E-state index in [1.807, 2.05) is 19.9 Å². The second kappa shape index (κ2) is 5.96. The largest absolute Gasteiger partial charge is 0.376 e. The van der Waals surface area contributed by atoms with Gasteiger partial charge >= 0.3 is 0 Å². The van der Waals surface area contributed by atoms with Gasteiger partial charge < -0.3 is 10.1 Å². The number of ether oxygens (including phenoxy) is 1. The monoisotopic (exact) mass is 380 g/mol. The van der Waals surface area contributed by atoms with E-state index in [2.05, 4.69) is 25.2 Å². The van der Waals surface area contributed by atoms with Gasteiger partial charge in [-0.3, -0.25) is 9.20 Å². The van der Waals surface area contributed by atoms with Gasteiger partial charge in [0.2, 0.25) is 15.8 Å². The Morgan fingerprint density at radius 2 is 2.08 bits per heavy atom. The van der Waals surface area contributed by atoms with Crippen molar-refractivity contribution < 1.29 is 17.9 Å². The van der Waals surface area contributed by atoms with E-state index < -0.39 is 22.0 Å². The summed E-state index contributed by atoms with van der Waals surface area (Å²) in [5.74, 6) is 0.153. The van der Waals surface area contributed by atoms with Crippen LogP contribution in [0.3, 0.4) is 0 Å². The summed E-state index contributed by atoms with van der Waals surface area (Å²) >= 11 is 0. The molecule has 4 atom stereocenters. The van der Waals surface area contributed by atoms with E-state index in [0.29, 0.717) is 12.4 Å². The summed E-state index contributed by atoms with van der Waals surface area (Å²) in [6, 6.07) is 1.00. The van der Waals surface area contributed by atoms with Crippen LogP contribution in [-0.4, -0.2) is 65.0 Å². The molecule has 1 aliphatic carbocycles. The van der Waals surface area contributed by atoms with Gasteiger partial charge in [-0.2, -0.15) is 0 Å². The molecule has 2 N–H and O–H groups in total. The SMILES string of the molecule is Cc1cc(C)n2c(C(=O)N[C@H]3[C@H]4CCO[C@H]4[C@@H]3NS(C)(=O)=O)nnc2n1. The van der Waals surface area contributed by atoms with Crippen molar-refractivity contribution in [2.45, 2.75) is 38.5 Å². The number of carbonyl (C=O) groups is 1. The van der Waals surface area contributed by atoms with Gasteiger partial charge in [-0.1, -0.05) is 0 Å². The number of nitrogens with one attached hydrogen (secondary N) is 2. The second-order valence-electron chi connectivity index (χ2n) is 6.90. The first-order valence-corrected chi connectivity index (χ1v) is 10.2. The molecule has 26 heavy (non-hydrogen) atoms. The highest BCUT2D eigenvalue weighted by atomic mass is 32.2. The summed E-state index contributed by atoms with van der Waals surface area (Å²) in [7, 11) is -3.42. The molecule has 11 heteroatoms. The Hall–Kier alpha value is -2.11. The molecule has 1 amide bonds. The summed E-state index contributed by atoms with van der Waals surface area (Å²) in [5, 5.41) is 10.8. The molecule has 0 bridgehead atoms. The number of sulfonamides is 1. The maximum Gasteiger partial charge on any atom is 0.289 e. The zero-order valence-electron chi connectivity index (χ0n) is 14.6. The highest BCUT2D eigenvalue weighted by molar-refractivity contribution is 7.88. The molecule has 0 aromatic carbocycles. The summed E-state index contributed by atoms with van der Waals surface area (Å²) in [5.41, 5.74) is 1.58. The Bertz CT molecular complexity index is 987. The van der Waals surface area contributed by atoms with Crippen LogP contribution in [0.1, 0.15) is 28.4 Å². The van der Waals surface area contributed by atoms with Crippen molar-refractivity contribution in [3.05, 3.63) is 23.3 Å². The van der Waals surface area contributed by atoms with Crippen molar-refractivity contribution in [2.24, 2.45) is 5.92 Å². The van der Waals surface area contributed by atoms with Crippen LogP contribution in [0.25, 0.3) is 5.78 Å². The third kappa shape index (κ3) is 2.85. The van der Waals surface area contributed by atoms with E-state index in [4.69, 9.17) is 4.74 Å². The van der Waals surface area contributed by atoms with Gasteiger partial charge in [0, 0.05) is 23.9 Å². The van der Waals surface area contributed by atoms with Crippen LogP contribution in [0.5, 0.6) is 0 Å². The summed E-state index contributed by atoms with van der Waals surface area (Å²) < 4.78 is 33.0. The molecule has 0 radical (unpaired) electrons. The number of aryl methyl sites for hydroxylation is 2. The van der Waals surface area contributed by atoms with E-state index in [1.54, 1.807) is 4.40 Å². The van der Waals surface area contributed by atoms with Crippen LogP contribution in [0.4, 0.5) is 0 Å². The predicted octanol–water partition coefficient (Wildman–Crippen LogP) is -0.824. The predicted molar refractivity (Wildman–Crippen MR) is 91.1 cm³/mol. The smallest absolute Gasteiger partial charge is 0.289 e. The van der Waals surface area contributed by atoms with Crippen LogP contribution in [-0.2, 0) is 14.8 Å². The molecule has 3 heterocycles. The molecule has 0 spiro atoms. The molecule has 2 aromatic heterocycles. The average molecular weight is 380 g/mol. The normalized spacial score (nSPS) is 28.0. The molecule has 4 rings (SSSR count). The number of nitrogens with zero attached hydrogens (tertiary/aromatic N) is 4. The molecule has 2 fully saturated rings. The van der Waals surface area contributed by atoms with Gasteiger partial charge in [-0.05, 0) is 26.3 Å². The second-order valence-corrected chi connectivity index (χ2v) is 8.68. The van der Waals surface area contributed by atoms with E-state index in [9.17, 15) is 13.2 Å². The highest BCUT2D eigenvalue weighted by Crippen LogP contribution is 2.39. The molecule has 140 valence electrons. The molecule has 1 saturated heterocycles. The van der Waals surface area contributed by atoms with Crippen molar-refractivity contribution in [1.29, 1.82) is 0 Å². The Morgan fingerprint density at radius 3 is 2.81 bits per heavy atom. The fourth-order valence-corrected chi connectivity index (χ4v) is 4.66. The molecular formula is C15H20N6O4S. The highest BCUT2D eigenvalue weighted by Gasteiger charge is 2.55. The van der Waals surface area contributed by atoms with Gasteiger partial charge in [0.1, 0.15) is 0 Å². The Labute approximate surface area is 150 Å². The number of hydrogen-bond donors (Lipinski definition) is 2. The first-order chi connectivity index (χ1) is 12.2. The summed E-state index contributed by atoms with van der Waals surface area (Å²) in [6.45, 7) is 4.25. The van der Waals surface area contributed by atoms with Gasteiger partial charge in [-0.25, -0.2) is 18.1 Å². The molecule has 1 aliphatic heterocycles. The van der Waals surface area contributed by atoms with Gasteiger partial charge in [0.15, 0.2) is 0 Å². The van der Waals surface area contributed by atoms with E-state index in [1.165, 1.54) is 0 Å². The zero-order valence-corrected chi connectivity index (χ0v) is 15.4. The van der Waals surface area contributed by atoms with Crippen LogP contribution in [0.2, 0.25) is 0 Å². The number of hydrogen-bond acceptors (Lipinski definition) is 7. The lowest BCUT2D eigenvalue weighted by molar-refractivity contribution is -0.0195. The quantitative estimate of drug-likeness (QED) is 0.709. The minimum Gasteiger partial charge on any atom is -0.376 e. The standard InChI is InChI=1S/C15H20N6O4S/c1-7-6-8(2)21-13(18-19-15(21)16-7)14(22)17-10-9-4-5-25-12(9)11(10)20-26(3,23)24/h6,9-12,20H,4-5H2,1-3H3,(H,17,22)/t9-,10+,11-,12-/m1/s1. The first-order valence-electron chi connectivity index (χ1n) is 8.34. The van der Waals surface area contributed by atoms with Crippen molar-refractivity contribution in [1.82, 2.24) is 29.6 Å². The van der Waals surface area contributed by atoms with Crippen molar-refractivity contribution in [2.75, 3.05) is 12.9 Å². The first kappa shape index (κ1) is 17.3. The number of amides is 1. The van der Waals surface area contributed by atoms with Gasteiger partial charge in [0.25, 0.3) is 11.7 Å². The third-order valence-electron chi connectivity index (χ3n) is 4.93. The van der Waals surface area contributed by atoms with Crippen molar-refractivity contribution in [3.8, 4) is 0 Å². The summed E-state index contributed by atoms with van der Waals surface area (Å²) in [4.78, 5) is 17.0. The number of carbonyl (C=O) groups excluding carboxylic acids is 1. The zero-order chi connectivity index (χ0) is 18.6. The van der Waals surface area contributed by atoms with Crippen LogP contribution in [0.15, 0.2) is 6.07 Å². The molecule has 2 aromatic rings. The summed E-state index contributed by atoms with van der Waals surface area (Å²) in [6.07, 6.45) is 1.66. The average Bonchev–Trinajstić information content (AvgIpc) is 3.14. The third-order valence-corrected chi connectivity index (χ3v) is 5.63. The van der Waals surface area contributed by atoms with Crippen LogP contribution >= 0.6 is 0 Å². The van der Waals surface area contributed by atoms with Crippen molar-refractivity contribution >= 4 is 21.7 Å². The van der Waals surface area contributed by atoms with Gasteiger partial charge in [-0.15, -0.1) is 10.2 Å². The Balaban J connectivity index is 1.59. The topological polar surface area (TPSA) is 128 Å². The molecule has 2 aliphatic rings. The minimum absolute atomic E-state index is 0.0823. The minimum atomic E-state index is -3.42. The molecular weight excluding hydrogens is 360 g/mol. The van der Waals surface area contributed by atoms with E-state index in [-0.39, 0.29) is 23.9 Å². The Morgan fingerprint density at radius 1 is 1.31 bits per heavy atom. The number of aromatic nitrogens is 4. The lowest BCUT2D eigenvalue weighted by atomic mass is 9.72.